The molecule has 172 valence electrons. The average Bonchev–Trinajstić information content (AvgIpc) is 3.06. The smallest absolute Gasteiger partial charge is 0.0543 e. The van der Waals surface area contributed by atoms with Crippen molar-refractivity contribution in [2.45, 2.75) is 118 Å². The summed E-state index contributed by atoms with van der Waals surface area (Å²) in [6, 6.07) is 0. The molecule has 1 nitrogen and oxygen atoms in total. The van der Waals surface area contributed by atoms with E-state index in [4.69, 9.17) is 0 Å². The summed E-state index contributed by atoms with van der Waals surface area (Å²) in [7, 11) is 0. The Morgan fingerprint density at radius 1 is 0.933 bits per heavy atom. The van der Waals surface area contributed by atoms with Gasteiger partial charge in [-0.15, -0.1) is 0 Å². The minimum atomic E-state index is -0.0157. The predicted octanol–water partition coefficient (Wildman–Crippen LogP) is 8.02. The Balaban J connectivity index is 1.46. The van der Waals surface area contributed by atoms with Gasteiger partial charge in [0.15, 0.2) is 0 Å². The van der Waals surface area contributed by atoms with Gasteiger partial charge in [-0.3, -0.25) is 0 Å². The van der Waals surface area contributed by atoms with Crippen molar-refractivity contribution < 1.29 is 5.11 Å². The van der Waals surface area contributed by atoms with Gasteiger partial charge in [0.2, 0.25) is 0 Å². The normalized spacial score (nSPS) is 47.5. The maximum atomic E-state index is 10.3. The van der Waals surface area contributed by atoms with E-state index < -0.39 is 0 Å². The van der Waals surface area contributed by atoms with Crippen LogP contribution in [0.25, 0.3) is 0 Å². The quantitative estimate of drug-likeness (QED) is 0.451. The molecule has 4 aliphatic carbocycles. The summed E-state index contributed by atoms with van der Waals surface area (Å²) in [6.07, 6.45) is 17.2. The Hall–Kier alpha value is -0.300. The highest BCUT2D eigenvalue weighted by molar-refractivity contribution is 5.10. The number of aliphatic hydroxyl groups excluding tert-OH is 1. The predicted molar refractivity (Wildman–Crippen MR) is 128 cm³/mol. The molecule has 4 saturated carbocycles. The molecule has 0 saturated heterocycles. The maximum Gasteiger partial charge on any atom is 0.0543 e. The van der Waals surface area contributed by atoms with Gasteiger partial charge in [0.1, 0.15) is 0 Å². The second-order valence-corrected chi connectivity index (χ2v) is 12.8. The fourth-order valence-electron chi connectivity index (χ4n) is 9.57. The van der Waals surface area contributed by atoms with Crippen molar-refractivity contribution in [1.29, 1.82) is 0 Å². The number of hydrogen-bond acceptors (Lipinski definition) is 1. The van der Waals surface area contributed by atoms with Crippen molar-refractivity contribution >= 4 is 0 Å². The van der Waals surface area contributed by atoms with E-state index in [9.17, 15) is 5.11 Å². The topological polar surface area (TPSA) is 20.2 Å². The van der Waals surface area contributed by atoms with Crippen LogP contribution in [-0.4, -0.2) is 11.2 Å². The largest absolute Gasteiger partial charge is 0.393 e. The maximum absolute atomic E-state index is 10.3. The van der Waals surface area contributed by atoms with Crippen molar-refractivity contribution in [2.24, 2.45) is 52.3 Å². The van der Waals surface area contributed by atoms with Crippen LogP contribution in [0, 0.1) is 52.3 Å². The van der Waals surface area contributed by atoms with E-state index in [2.05, 4.69) is 47.6 Å². The van der Waals surface area contributed by atoms with E-state index >= 15 is 0 Å². The van der Waals surface area contributed by atoms with Crippen LogP contribution in [-0.2, 0) is 0 Å². The van der Waals surface area contributed by atoms with Crippen molar-refractivity contribution in [3.8, 4) is 0 Å². The van der Waals surface area contributed by atoms with Crippen LogP contribution in [0.15, 0.2) is 11.6 Å². The SMILES string of the molecule is C/C=C(/CCC(C)C1CCC2C3CC[C@H]4C[C@H](O)CCC4(C)C3CCC12C)C(C)C. The van der Waals surface area contributed by atoms with Crippen LogP contribution in [0.4, 0.5) is 0 Å². The molecule has 4 fully saturated rings. The average molecular weight is 415 g/mol. The zero-order valence-electron chi connectivity index (χ0n) is 20.9. The first kappa shape index (κ1) is 22.9. The first-order chi connectivity index (χ1) is 14.2. The summed E-state index contributed by atoms with van der Waals surface area (Å²) in [5.74, 6) is 6.17. The first-order valence-electron chi connectivity index (χ1n) is 13.5. The molecule has 0 radical (unpaired) electrons. The molecule has 0 heterocycles. The molecular weight excluding hydrogens is 364 g/mol. The van der Waals surface area contributed by atoms with E-state index in [1.807, 2.05) is 0 Å². The van der Waals surface area contributed by atoms with Gasteiger partial charge in [-0.25, -0.2) is 0 Å². The lowest BCUT2D eigenvalue weighted by molar-refractivity contribution is -0.129. The summed E-state index contributed by atoms with van der Waals surface area (Å²) in [6.45, 7) is 14.9. The second kappa shape index (κ2) is 8.57. The van der Waals surface area contributed by atoms with Gasteiger partial charge < -0.3 is 5.11 Å². The number of allylic oxidation sites excluding steroid dienone is 2. The van der Waals surface area contributed by atoms with Crippen LogP contribution in [0.1, 0.15) is 112 Å². The van der Waals surface area contributed by atoms with Gasteiger partial charge in [-0.2, -0.15) is 0 Å². The number of hydrogen-bond donors (Lipinski definition) is 1. The number of fused-ring (bicyclic) bond motifs is 5. The highest BCUT2D eigenvalue weighted by Crippen LogP contribution is 2.68. The minimum Gasteiger partial charge on any atom is -0.393 e. The van der Waals surface area contributed by atoms with Crippen molar-refractivity contribution in [1.82, 2.24) is 0 Å². The Labute approximate surface area is 187 Å². The molecule has 1 heteroatoms. The van der Waals surface area contributed by atoms with E-state index in [0.29, 0.717) is 16.7 Å². The van der Waals surface area contributed by atoms with Crippen LogP contribution < -0.4 is 0 Å². The van der Waals surface area contributed by atoms with Crippen LogP contribution >= 0.6 is 0 Å². The summed E-state index contributed by atoms with van der Waals surface area (Å²) in [5.41, 5.74) is 2.77. The minimum absolute atomic E-state index is 0.0157. The van der Waals surface area contributed by atoms with Gasteiger partial charge in [0.05, 0.1) is 6.10 Å². The Bertz CT molecular complexity index is 634. The number of aliphatic hydroxyl groups is 1. The zero-order chi connectivity index (χ0) is 21.7. The van der Waals surface area contributed by atoms with Gasteiger partial charge >= 0.3 is 0 Å². The van der Waals surface area contributed by atoms with E-state index in [1.54, 1.807) is 5.57 Å². The van der Waals surface area contributed by atoms with Gasteiger partial charge in [-0.1, -0.05) is 46.3 Å². The Morgan fingerprint density at radius 3 is 2.33 bits per heavy atom. The molecule has 4 rings (SSSR count). The molecular formula is C29H50O. The fourth-order valence-corrected chi connectivity index (χ4v) is 9.57. The van der Waals surface area contributed by atoms with E-state index in [-0.39, 0.29) is 6.10 Å². The summed E-state index contributed by atoms with van der Waals surface area (Å²) < 4.78 is 0. The van der Waals surface area contributed by atoms with Crippen LogP contribution in [0.5, 0.6) is 0 Å². The molecule has 0 amide bonds. The van der Waals surface area contributed by atoms with Gasteiger partial charge in [-0.05, 0) is 130 Å². The molecule has 9 atom stereocenters. The molecule has 7 unspecified atom stereocenters. The second-order valence-electron chi connectivity index (χ2n) is 12.8. The molecule has 0 bridgehead atoms. The van der Waals surface area contributed by atoms with Crippen molar-refractivity contribution in [2.75, 3.05) is 0 Å². The van der Waals surface area contributed by atoms with Gasteiger partial charge in [0, 0.05) is 0 Å². The third-order valence-electron chi connectivity index (χ3n) is 11.4. The lowest BCUT2D eigenvalue weighted by Crippen LogP contribution is -2.54. The number of rotatable bonds is 5. The highest BCUT2D eigenvalue weighted by Gasteiger charge is 2.60. The third kappa shape index (κ3) is 3.74. The van der Waals surface area contributed by atoms with Crippen molar-refractivity contribution in [3.05, 3.63) is 11.6 Å². The summed E-state index contributed by atoms with van der Waals surface area (Å²) >= 11 is 0. The Kier molecular flexibility index (Phi) is 6.53. The molecule has 0 aromatic heterocycles. The van der Waals surface area contributed by atoms with Crippen LogP contribution in [0.3, 0.4) is 0 Å². The van der Waals surface area contributed by atoms with Crippen molar-refractivity contribution in [3.63, 3.8) is 0 Å². The third-order valence-corrected chi connectivity index (χ3v) is 11.4. The summed E-state index contributed by atoms with van der Waals surface area (Å²) in [5, 5.41) is 10.3. The van der Waals surface area contributed by atoms with E-state index in [1.165, 1.54) is 57.8 Å². The molecule has 0 spiro atoms. The molecule has 0 aliphatic heterocycles. The lowest BCUT2D eigenvalue weighted by Gasteiger charge is -2.61. The molecule has 0 aromatic rings. The van der Waals surface area contributed by atoms with Gasteiger partial charge in [0.25, 0.3) is 0 Å². The first-order valence-corrected chi connectivity index (χ1v) is 13.5. The lowest BCUT2D eigenvalue weighted by atomic mass is 9.44. The fraction of sp³-hybridized carbons (Fsp3) is 0.931. The zero-order valence-corrected chi connectivity index (χ0v) is 20.9. The van der Waals surface area contributed by atoms with Crippen LogP contribution in [0.2, 0.25) is 0 Å². The molecule has 4 aliphatic rings. The van der Waals surface area contributed by atoms with E-state index in [0.717, 1.165) is 48.3 Å². The molecule has 0 aromatic carbocycles. The highest BCUT2D eigenvalue weighted by atomic mass is 16.3. The summed E-state index contributed by atoms with van der Waals surface area (Å²) in [4.78, 5) is 0. The molecule has 30 heavy (non-hydrogen) atoms. The Morgan fingerprint density at radius 2 is 1.63 bits per heavy atom. The molecule has 1 N–H and O–H groups in total. The monoisotopic (exact) mass is 414 g/mol. The standard InChI is InChI=1S/C29H50O/c1-7-21(19(2)3)9-8-20(4)25-12-13-26-24-11-10-22-18-23(30)14-16-28(22,5)27(24)15-17-29(25,26)6/h7,19-20,22-27,30H,8-18H2,1-6H3/b21-7-/t20?,22-,23+,24?,25?,26?,27?,28?,29?/m0/s1.